The van der Waals surface area contributed by atoms with E-state index in [1.807, 2.05) is 46.2 Å². The van der Waals surface area contributed by atoms with E-state index in [1.165, 1.54) is 55.4 Å². The van der Waals surface area contributed by atoms with Crippen LogP contribution in [0.5, 0.6) is 0 Å². The van der Waals surface area contributed by atoms with E-state index in [0.29, 0.717) is 0 Å². The zero-order chi connectivity index (χ0) is 14.2. The van der Waals surface area contributed by atoms with Gasteiger partial charge in [-0.3, -0.25) is 0 Å². The second kappa shape index (κ2) is 9.19. The van der Waals surface area contributed by atoms with E-state index in [2.05, 4.69) is 38.1 Å². The van der Waals surface area contributed by atoms with E-state index >= 15 is 0 Å². The van der Waals surface area contributed by atoms with Gasteiger partial charge in [0.05, 0.1) is 8.42 Å². The smallest absolute Gasteiger partial charge is 0.0605 e. The van der Waals surface area contributed by atoms with Gasteiger partial charge in [-0.1, -0.05) is 26.7 Å². The van der Waals surface area contributed by atoms with Crippen molar-refractivity contribution in [2.45, 2.75) is 47.9 Å². The van der Waals surface area contributed by atoms with Gasteiger partial charge in [-0.25, -0.2) is 0 Å². The van der Waals surface area contributed by atoms with Gasteiger partial charge in [0, 0.05) is 9.75 Å². The molecule has 0 aliphatic carbocycles. The molecule has 0 aromatic carbocycles. The molecule has 2 aromatic rings. The van der Waals surface area contributed by atoms with Gasteiger partial charge in [0.1, 0.15) is 0 Å². The van der Waals surface area contributed by atoms with E-state index < -0.39 is 0 Å². The largest absolute Gasteiger partial charge is 0.128 e. The molecule has 0 saturated carbocycles. The molecule has 2 rings (SSSR count). The molecule has 0 aliphatic rings. The van der Waals surface area contributed by atoms with Crippen molar-refractivity contribution in [1.82, 2.24) is 0 Å². The van der Waals surface area contributed by atoms with Gasteiger partial charge in [0.2, 0.25) is 0 Å². The van der Waals surface area contributed by atoms with Gasteiger partial charge in [-0.15, -0.1) is 46.2 Å². The standard InChI is InChI=1S/C16H22S4/c1-3-5-11-17-15-9-7-13(19-15)14-8-10-16(20-14)18-12-6-4-2/h7-10H,3-6,11-12H2,1-2H3. The van der Waals surface area contributed by atoms with Crippen molar-refractivity contribution in [3.05, 3.63) is 24.3 Å². The Morgan fingerprint density at radius 1 is 0.750 bits per heavy atom. The van der Waals surface area contributed by atoms with Crippen LogP contribution < -0.4 is 0 Å². The molecule has 0 radical (unpaired) electrons. The summed E-state index contributed by atoms with van der Waals surface area (Å²) in [5.74, 6) is 2.50. The first-order chi connectivity index (χ1) is 9.83. The molecule has 0 spiro atoms. The van der Waals surface area contributed by atoms with Gasteiger partial charge < -0.3 is 0 Å². The summed E-state index contributed by atoms with van der Waals surface area (Å²) in [6, 6.07) is 9.13. The first-order valence-corrected chi connectivity index (χ1v) is 10.9. The molecule has 0 saturated heterocycles. The van der Waals surface area contributed by atoms with Crippen LogP contribution in [0.1, 0.15) is 39.5 Å². The van der Waals surface area contributed by atoms with Gasteiger partial charge in [0.25, 0.3) is 0 Å². The molecular formula is C16H22S4. The first-order valence-electron chi connectivity index (χ1n) is 7.29. The molecule has 0 aliphatic heterocycles. The van der Waals surface area contributed by atoms with E-state index in [9.17, 15) is 0 Å². The minimum absolute atomic E-state index is 1.25. The minimum Gasteiger partial charge on any atom is -0.128 e. The molecule has 0 fully saturated rings. The Morgan fingerprint density at radius 2 is 1.20 bits per heavy atom. The Morgan fingerprint density at radius 3 is 1.60 bits per heavy atom. The molecule has 0 bridgehead atoms. The third kappa shape index (κ3) is 5.14. The highest BCUT2D eigenvalue weighted by Gasteiger charge is 2.07. The van der Waals surface area contributed by atoms with Gasteiger partial charge in [-0.05, 0) is 48.6 Å². The number of thiophene rings is 2. The van der Waals surface area contributed by atoms with Crippen molar-refractivity contribution in [3.8, 4) is 9.75 Å². The maximum Gasteiger partial charge on any atom is 0.0605 e. The summed E-state index contributed by atoms with van der Waals surface area (Å²) in [6.07, 6.45) is 5.20. The van der Waals surface area contributed by atoms with Crippen molar-refractivity contribution < 1.29 is 0 Å². The molecule has 20 heavy (non-hydrogen) atoms. The molecule has 0 N–H and O–H groups in total. The summed E-state index contributed by atoms with van der Waals surface area (Å²) in [4.78, 5) is 2.85. The van der Waals surface area contributed by atoms with E-state index in [4.69, 9.17) is 0 Å². The highest BCUT2D eigenvalue weighted by atomic mass is 32.2. The van der Waals surface area contributed by atoms with Crippen molar-refractivity contribution in [2.24, 2.45) is 0 Å². The molecule has 4 heteroatoms. The predicted molar refractivity (Wildman–Crippen MR) is 98.9 cm³/mol. The van der Waals surface area contributed by atoms with Gasteiger partial charge in [0.15, 0.2) is 0 Å². The Labute approximate surface area is 139 Å². The Kier molecular flexibility index (Phi) is 7.56. The summed E-state index contributed by atoms with van der Waals surface area (Å²) < 4.78 is 2.92. The Balaban J connectivity index is 1.90. The minimum atomic E-state index is 1.25. The van der Waals surface area contributed by atoms with Gasteiger partial charge in [-0.2, -0.15) is 0 Å². The van der Waals surface area contributed by atoms with Crippen LogP contribution in [0.15, 0.2) is 32.7 Å². The molecule has 2 heterocycles. The summed E-state index contributed by atoms with van der Waals surface area (Å²) in [5.41, 5.74) is 0. The molecule has 2 aromatic heterocycles. The highest BCUT2D eigenvalue weighted by molar-refractivity contribution is 8.01. The lowest BCUT2D eigenvalue weighted by Gasteiger charge is -1.95. The summed E-state index contributed by atoms with van der Waals surface area (Å²) >= 11 is 7.89. The fourth-order valence-corrected chi connectivity index (χ4v) is 6.37. The van der Waals surface area contributed by atoms with Gasteiger partial charge >= 0.3 is 0 Å². The van der Waals surface area contributed by atoms with Crippen LogP contribution in [-0.4, -0.2) is 11.5 Å². The van der Waals surface area contributed by atoms with Crippen LogP contribution in [0, 0.1) is 0 Å². The molecule has 0 nitrogen and oxygen atoms in total. The Hall–Kier alpha value is 0.1000. The number of hydrogen-bond donors (Lipinski definition) is 0. The zero-order valence-corrected chi connectivity index (χ0v) is 15.5. The van der Waals surface area contributed by atoms with Crippen molar-refractivity contribution in [2.75, 3.05) is 11.5 Å². The third-order valence-corrected chi connectivity index (χ3v) is 7.88. The summed E-state index contributed by atoms with van der Waals surface area (Å²) in [6.45, 7) is 4.51. The first kappa shape index (κ1) is 16.5. The van der Waals surface area contributed by atoms with Crippen LogP contribution in [0.4, 0.5) is 0 Å². The van der Waals surface area contributed by atoms with E-state index in [1.54, 1.807) is 0 Å². The van der Waals surface area contributed by atoms with Crippen molar-refractivity contribution in [3.63, 3.8) is 0 Å². The maximum atomic E-state index is 2.28. The highest BCUT2D eigenvalue weighted by Crippen LogP contribution is 2.40. The monoisotopic (exact) mass is 342 g/mol. The molecule has 110 valence electrons. The average molecular weight is 343 g/mol. The number of hydrogen-bond acceptors (Lipinski definition) is 4. The van der Waals surface area contributed by atoms with E-state index in [-0.39, 0.29) is 0 Å². The van der Waals surface area contributed by atoms with Crippen LogP contribution in [0.25, 0.3) is 9.75 Å². The third-order valence-electron chi connectivity index (χ3n) is 2.89. The summed E-state index contributed by atoms with van der Waals surface area (Å²) in [7, 11) is 0. The number of unbranched alkanes of at least 4 members (excludes halogenated alkanes) is 2. The molecule has 0 atom stereocenters. The lowest BCUT2D eigenvalue weighted by atomic mass is 10.4. The molecule has 0 unspecified atom stereocenters. The Bertz CT molecular complexity index is 452. The SMILES string of the molecule is CCCCSc1ccc(-c2ccc(SCCCC)s2)s1. The maximum absolute atomic E-state index is 2.28. The number of rotatable bonds is 9. The topological polar surface area (TPSA) is 0 Å². The fraction of sp³-hybridized carbons (Fsp3) is 0.500. The number of thioether (sulfide) groups is 2. The quantitative estimate of drug-likeness (QED) is 0.347. The van der Waals surface area contributed by atoms with Crippen LogP contribution in [0.2, 0.25) is 0 Å². The second-order valence-electron chi connectivity index (χ2n) is 4.64. The zero-order valence-electron chi connectivity index (χ0n) is 12.2. The molecule has 0 amide bonds. The normalized spacial score (nSPS) is 11.1. The average Bonchev–Trinajstić information content (AvgIpc) is 3.08. The van der Waals surface area contributed by atoms with Crippen molar-refractivity contribution in [1.29, 1.82) is 0 Å². The van der Waals surface area contributed by atoms with Crippen molar-refractivity contribution >= 4 is 46.2 Å². The predicted octanol–water partition coefficient (Wildman–Crippen LogP) is 7.26. The summed E-state index contributed by atoms with van der Waals surface area (Å²) in [5, 5.41) is 0. The van der Waals surface area contributed by atoms with Crippen LogP contribution >= 0.6 is 46.2 Å². The van der Waals surface area contributed by atoms with Crippen LogP contribution in [0.3, 0.4) is 0 Å². The lowest BCUT2D eigenvalue weighted by Crippen LogP contribution is -1.73. The second-order valence-corrected chi connectivity index (χ2v) is 9.60. The molecular weight excluding hydrogens is 320 g/mol. The van der Waals surface area contributed by atoms with Crippen LogP contribution in [-0.2, 0) is 0 Å². The fourth-order valence-electron chi connectivity index (χ4n) is 1.69. The lowest BCUT2D eigenvalue weighted by molar-refractivity contribution is 0.896. The van der Waals surface area contributed by atoms with E-state index in [0.717, 1.165) is 0 Å².